The van der Waals surface area contributed by atoms with Gasteiger partial charge in [0.1, 0.15) is 0 Å². The largest absolute Gasteiger partial charge is 0.381 e. The molecule has 0 aromatic carbocycles. The molecular formula is C122H214O4S4. The van der Waals surface area contributed by atoms with Crippen LogP contribution in [0.5, 0.6) is 0 Å². The van der Waals surface area contributed by atoms with Gasteiger partial charge in [0.25, 0.3) is 0 Å². The first-order valence-corrected chi connectivity index (χ1v) is 62.9. The number of fused-ring (bicyclic) bond motifs is 13. The molecule has 130 heavy (non-hydrogen) atoms. The van der Waals surface area contributed by atoms with Gasteiger partial charge in [-0.15, -0.1) is 0 Å². The van der Waals surface area contributed by atoms with Crippen molar-refractivity contribution >= 4 is 47.0 Å². The minimum absolute atomic E-state index is 0.878. The average Bonchev–Trinajstić information content (AvgIpc) is 1.58. The van der Waals surface area contributed by atoms with Crippen LogP contribution in [0.3, 0.4) is 0 Å². The number of ether oxygens (including phenoxy) is 4. The molecule has 16 saturated carbocycles. The van der Waals surface area contributed by atoms with Gasteiger partial charge in [0.2, 0.25) is 0 Å². The van der Waals surface area contributed by atoms with E-state index in [9.17, 15) is 0 Å². The topological polar surface area (TPSA) is 36.9 Å². The minimum atomic E-state index is 0.878. The molecule has 8 heteroatoms. The molecule has 0 bridgehead atoms. The van der Waals surface area contributed by atoms with Crippen molar-refractivity contribution in [3.05, 3.63) is 24.3 Å². The van der Waals surface area contributed by atoms with E-state index in [1.165, 1.54) is 154 Å². The number of hydrogen-bond acceptors (Lipinski definition) is 8. The van der Waals surface area contributed by atoms with E-state index >= 15 is 0 Å². The quantitative estimate of drug-likeness (QED) is 0.169. The fraction of sp³-hybridized carbons (Fsp3) is 0.967. The Balaban J connectivity index is 0.000000114. The summed E-state index contributed by atoms with van der Waals surface area (Å²) in [7, 11) is 0. The van der Waals surface area contributed by atoms with Crippen LogP contribution in [-0.4, -0.2) is 98.9 Å². The second-order valence-electron chi connectivity index (χ2n) is 54.3. The summed E-state index contributed by atoms with van der Waals surface area (Å²) in [5.41, 5.74) is 0. The third kappa shape index (κ3) is 27.4. The Labute approximate surface area is 824 Å². The maximum atomic E-state index is 5.44. The zero-order valence-electron chi connectivity index (χ0n) is 89.9. The van der Waals surface area contributed by atoms with E-state index in [0.29, 0.717) is 0 Å². The van der Waals surface area contributed by atoms with Gasteiger partial charge in [0.15, 0.2) is 0 Å². The lowest BCUT2D eigenvalue weighted by atomic mass is 9.62. The zero-order valence-corrected chi connectivity index (χ0v) is 93.1. The predicted octanol–water partition coefficient (Wildman–Crippen LogP) is 33.2. The van der Waals surface area contributed by atoms with Gasteiger partial charge in [-0.3, -0.25) is 0 Å². The molecule has 750 valence electrons. The van der Waals surface area contributed by atoms with Crippen molar-refractivity contribution in [1.29, 1.82) is 0 Å². The van der Waals surface area contributed by atoms with E-state index in [4.69, 9.17) is 18.9 Å². The van der Waals surface area contributed by atoms with Gasteiger partial charge < -0.3 is 18.9 Å². The SMILES string of the molecule is CC(C)C1C2C=CCCC21.CC(C)C1C2CC=CCC21.CC(C)C1C2CCCC21.CC(C)C1C2CCOCC21.CC(C)C1C2CCSCC21.CC(C)C1C2COCC21.CC(C)C1C2CSCC21.CC(C)C1CC2CCCC21.CC(C)C1CC2CCCC2C1.CC(C)C1CC2COCC21.CC(C)C1CC2COCC2C1.CC(C)C1CC2CSCC21.CC(C)C1CC2CSCC2C1. The third-order valence-electron chi connectivity index (χ3n) is 42.3. The van der Waals surface area contributed by atoms with Crippen LogP contribution in [0.25, 0.3) is 0 Å². The maximum absolute atomic E-state index is 5.44. The summed E-state index contributed by atoms with van der Waals surface area (Å²) in [5, 5.41) is 0. The first-order valence-electron chi connectivity index (χ1n) is 58.2. The highest BCUT2D eigenvalue weighted by Crippen LogP contribution is 2.64. The number of hydrogen-bond donors (Lipinski definition) is 0. The number of thioether (sulfide) groups is 4. The van der Waals surface area contributed by atoms with Gasteiger partial charge in [0, 0.05) is 33.0 Å². The van der Waals surface area contributed by atoms with E-state index in [0.717, 1.165) is 349 Å². The standard InChI is InChI=1S/C11H20.C10H18O.C10H18S.C10H18.2C10H16.2C9H16O.2C9H16S.C9H16.C8H14O.C8H14S/c1-8(2)11-6-9-4-3-5-10(9)7-11;2*1-7(2)8-3-9-5-11-6-10(9)4-8;1-7(2)10-6-8-4-3-5-9(8)10;2*1-7(2)10-8-5-3-4-6-9(8)10;1-6(2)8-3-7-4-10-5-9(7)8;1-6(2)9-7-3-4-10-5-8(7)9;1-6(2)8-3-7-4-10-5-9(7)8;1-6(2)9-7-3-4-10-5-8(7)9;1-6(2)9-7-4-3-5-8(7)9;2*1-5(2)8-6-3-9-4-7(6)8/h8-11H,3-7H2,1-2H3;2*7-10H,3-6H2,1-2H3;7-10H,3-6H2,1-2H3;3,5,7-10H,4,6H2,1-2H3;3-4,7-10H,5-6H2,1-2H3;4*6-9H,3-5H2,1-2H3;6-9H,3-5H2,1-2H3;2*5-8H,3-4H2,1-2H3. The van der Waals surface area contributed by atoms with Gasteiger partial charge in [-0.05, 0) is 469 Å². The van der Waals surface area contributed by atoms with Crippen molar-refractivity contribution in [3.8, 4) is 0 Å². The summed E-state index contributed by atoms with van der Waals surface area (Å²) in [6.45, 7) is 69.9. The molecule has 26 aliphatic rings. The van der Waals surface area contributed by atoms with Crippen LogP contribution in [0.4, 0.5) is 0 Å². The van der Waals surface area contributed by atoms with Crippen molar-refractivity contribution in [1.82, 2.24) is 0 Å². The molecule has 0 amide bonds. The van der Waals surface area contributed by atoms with Crippen molar-refractivity contribution in [2.45, 2.75) is 334 Å². The van der Waals surface area contributed by atoms with Crippen molar-refractivity contribution in [2.24, 2.45) is 308 Å². The molecule has 8 aliphatic heterocycles. The van der Waals surface area contributed by atoms with E-state index in [1.54, 1.807) is 57.8 Å². The summed E-state index contributed by atoms with van der Waals surface area (Å²) in [5.74, 6) is 65.2. The highest BCUT2D eigenvalue weighted by Gasteiger charge is 2.59. The zero-order chi connectivity index (χ0) is 92.8. The molecule has 32 atom stereocenters. The molecule has 4 nitrogen and oxygen atoms in total. The van der Waals surface area contributed by atoms with Gasteiger partial charge >= 0.3 is 0 Å². The Morgan fingerprint density at radius 3 is 1.02 bits per heavy atom. The summed E-state index contributed by atoms with van der Waals surface area (Å²) in [6.07, 6.45) is 45.4. The Kier molecular flexibility index (Phi) is 40.4. The molecule has 18 aliphatic carbocycles. The van der Waals surface area contributed by atoms with Crippen LogP contribution in [0.1, 0.15) is 334 Å². The van der Waals surface area contributed by atoms with Crippen molar-refractivity contribution < 1.29 is 18.9 Å². The molecule has 8 heterocycles. The fourth-order valence-corrected chi connectivity index (χ4v) is 40.0. The highest BCUT2D eigenvalue weighted by molar-refractivity contribution is 8.00. The maximum Gasteiger partial charge on any atom is 0.0500 e. The highest BCUT2D eigenvalue weighted by atomic mass is 32.2. The molecule has 8 saturated heterocycles. The fourth-order valence-electron chi connectivity index (χ4n) is 33.9. The molecule has 0 N–H and O–H groups in total. The smallest absolute Gasteiger partial charge is 0.0500 e. The summed E-state index contributed by atoms with van der Waals surface area (Å²) >= 11 is 8.67. The molecule has 0 aromatic rings. The van der Waals surface area contributed by atoms with Gasteiger partial charge in [-0.2, -0.15) is 47.0 Å². The van der Waals surface area contributed by atoms with Crippen LogP contribution >= 0.6 is 47.0 Å². The monoisotopic (exact) mass is 1870 g/mol. The Bertz CT molecular complexity index is 2940. The Morgan fingerprint density at radius 1 is 0.215 bits per heavy atom. The van der Waals surface area contributed by atoms with Gasteiger partial charge in [-0.1, -0.05) is 243 Å². The van der Waals surface area contributed by atoms with E-state index < -0.39 is 0 Å². The second kappa shape index (κ2) is 49.3. The second-order valence-corrected chi connectivity index (χ2v) is 58.7. The van der Waals surface area contributed by atoms with Crippen LogP contribution in [0.15, 0.2) is 24.3 Å². The molecular weight excluding hydrogens is 1660 g/mol. The predicted molar refractivity (Wildman–Crippen MR) is 571 cm³/mol. The lowest BCUT2D eigenvalue weighted by molar-refractivity contribution is 0.0621. The molecule has 32 unspecified atom stereocenters. The third-order valence-corrected chi connectivity index (χ3v) is 47.3. The number of rotatable bonds is 13. The molecule has 0 radical (unpaired) electrons. The number of allylic oxidation sites excluding steroid dienone is 4. The Morgan fingerprint density at radius 2 is 0.562 bits per heavy atom. The van der Waals surface area contributed by atoms with Gasteiger partial charge in [0.05, 0.1) is 19.8 Å². The van der Waals surface area contributed by atoms with Crippen LogP contribution in [0.2, 0.25) is 0 Å². The lowest BCUT2D eigenvalue weighted by Gasteiger charge is -2.43. The normalized spacial score (nSPS) is 45.1. The van der Waals surface area contributed by atoms with Crippen molar-refractivity contribution in [3.63, 3.8) is 0 Å². The van der Waals surface area contributed by atoms with Crippen LogP contribution in [0, 0.1) is 308 Å². The molecule has 24 fully saturated rings. The molecule has 26 rings (SSSR count). The van der Waals surface area contributed by atoms with E-state index in [-0.39, 0.29) is 0 Å². The molecule has 0 aromatic heterocycles. The first kappa shape index (κ1) is 106. The van der Waals surface area contributed by atoms with E-state index in [1.807, 2.05) is 0 Å². The summed E-state index contributed by atoms with van der Waals surface area (Å²) < 4.78 is 21.5. The average molecular weight is 1870 g/mol. The van der Waals surface area contributed by atoms with Crippen molar-refractivity contribution in [2.75, 3.05) is 98.9 Å². The molecule has 0 spiro atoms. The lowest BCUT2D eigenvalue weighted by Crippen LogP contribution is -2.38. The van der Waals surface area contributed by atoms with Crippen LogP contribution < -0.4 is 0 Å². The minimum Gasteiger partial charge on any atom is -0.381 e. The summed E-state index contributed by atoms with van der Waals surface area (Å²) in [4.78, 5) is 0. The van der Waals surface area contributed by atoms with Crippen LogP contribution in [-0.2, 0) is 18.9 Å². The van der Waals surface area contributed by atoms with E-state index in [2.05, 4.69) is 251 Å². The van der Waals surface area contributed by atoms with Gasteiger partial charge in [-0.25, -0.2) is 0 Å². The summed E-state index contributed by atoms with van der Waals surface area (Å²) in [6, 6.07) is 0. The Hall–Kier alpha value is 0.720. The first-order chi connectivity index (χ1) is 62.3.